The van der Waals surface area contributed by atoms with Crippen LogP contribution in [0.4, 0.5) is 0 Å². The minimum atomic E-state index is -0.0917. The van der Waals surface area contributed by atoms with E-state index in [4.69, 9.17) is 18.9 Å². The number of nitrogens with zero attached hydrogens (tertiary/aromatic N) is 1. The first-order valence-corrected chi connectivity index (χ1v) is 8.82. The highest BCUT2D eigenvalue weighted by Crippen LogP contribution is 2.45. The topological polar surface area (TPSA) is 69.3 Å². The molecule has 0 bridgehead atoms. The molecule has 1 aromatic rings. The Labute approximate surface area is 147 Å². The average Bonchev–Trinajstić information content (AvgIpc) is 3.24. The van der Waals surface area contributed by atoms with Crippen molar-refractivity contribution >= 4 is 5.91 Å². The van der Waals surface area contributed by atoms with Crippen LogP contribution in [0.5, 0.6) is 17.2 Å². The van der Waals surface area contributed by atoms with Gasteiger partial charge in [0.1, 0.15) is 5.75 Å². The molecule has 1 saturated heterocycles. The first-order chi connectivity index (χ1) is 12.2. The van der Waals surface area contributed by atoms with Crippen LogP contribution in [0.15, 0.2) is 18.2 Å². The second kappa shape index (κ2) is 7.09. The Hall–Kier alpha value is -1.99. The molecule has 25 heavy (non-hydrogen) atoms. The van der Waals surface area contributed by atoms with Crippen LogP contribution in [-0.2, 0) is 9.53 Å². The van der Waals surface area contributed by atoms with Crippen LogP contribution < -0.4 is 19.5 Å². The van der Waals surface area contributed by atoms with Crippen molar-refractivity contribution in [3.63, 3.8) is 0 Å². The van der Waals surface area contributed by atoms with E-state index in [1.807, 2.05) is 0 Å². The maximum absolute atomic E-state index is 12.1. The van der Waals surface area contributed by atoms with Gasteiger partial charge in [-0.25, -0.2) is 0 Å². The van der Waals surface area contributed by atoms with Gasteiger partial charge in [-0.15, -0.1) is 0 Å². The maximum atomic E-state index is 12.1. The Bertz CT molecular complexity index is 626. The lowest BCUT2D eigenvalue weighted by Gasteiger charge is -2.30. The number of rotatable bonds is 7. The van der Waals surface area contributed by atoms with Crippen LogP contribution in [0.3, 0.4) is 0 Å². The second-order valence-electron chi connectivity index (χ2n) is 6.97. The lowest BCUT2D eigenvalue weighted by molar-refractivity contribution is -0.123. The summed E-state index contributed by atoms with van der Waals surface area (Å²) in [6.07, 6.45) is 2.35. The molecule has 2 fully saturated rings. The summed E-state index contributed by atoms with van der Waals surface area (Å²) >= 11 is 0. The van der Waals surface area contributed by atoms with Crippen LogP contribution >= 0.6 is 0 Å². The number of carbonyl (C=O) groups is 1. The van der Waals surface area contributed by atoms with Crippen molar-refractivity contribution in [2.24, 2.45) is 5.41 Å². The van der Waals surface area contributed by atoms with Crippen LogP contribution in [0.2, 0.25) is 0 Å². The Morgan fingerprint density at radius 2 is 2.00 bits per heavy atom. The van der Waals surface area contributed by atoms with Gasteiger partial charge in [-0.2, -0.15) is 0 Å². The highest BCUT2D eigenvalue weighted by atomic mass is 16.7. The van der Waals surface area contributed by atoms with E-state index in [1.54, 1.807) is 18.2 Å². The molecule has 1 amide bonds. The van der Waals surface area contributed by atoms with Gasteiger partial charge in [-0.3, -0.25) is 9.69 Å². The third kappa shape index (κ3) is 4.16. The Morgan fingerprint density at radius 1 is 1.20 bits per heavy atom. The molecule has 0 radical (unpaired) electrons. The van der Waals surface area contributed by atoms with E-state index >= 15 is 0 Å². The summed E-state index contributed by atoms with van der Waals surface area (Å²) in [5, 5.41) is 3.02. The Kier molecular flexibility index (Phi) is 4.67. The zero-order valence-corrected chi connectivity index (χ0v) is 14.3. The molecule has 7 nitrogen and oxygen atoms in total. The van der Waals surface area contributed by atoms with Gasteiger partial charge in [0.25, 0.3) is 5.91 Å². The molecule has 0 unspecified atom stereocenters. The van der Waals surface area contributed by atoms with Crippen LogP contribution in [0, 0.1) is 5.41 Å². The van der Waals surface area contributed by atoms with Crippen molar-refractivity contribution in [3.05, 3.63) is 18.2 Å². The summed E-state index contributed by atoms with van der Waals surface area (Å²) in [5.41, 5.74) is 0.242. The first-order valence-electron chi connectivity index (χ1n) is 8.82. The summed E-state index contributed by atoms with van der Waals surface area (Å²) in [5.74, 6) is 1.87. The molecule has 4 rings (SSSR count). The maximum Gasteiger partial charge on any atom is 0.257 e. The van der Waals surface area contributed by atoms with E-state index in [1.165, 1.54) is 12.8 Å². The molecular formula is C18H24N2O5. The lowest BCUT2D eigenvalue weighted by atomic mass is 10.1. The molecular weight excluding hydrogens is 324 g/mol. The van der Waals surface area contributed by atoms with Gasteiger partial charge in [0.15, 0.2) is 18.1 Å². The molecule has 1 aromatic carbocycles. The molecule has 2 aliphatic heterocycles. The summed E-state index contributed by atoms with van der Waals surface area (Å²) in [6, 6.07) is 5.31. The number of hydrogen-bond donors (Lipinski definition) is 1. The summed E-state index contributed by atoms with van der Waals surface area (Å²) < 4.78 is 21.5. The van der Waals surface area contributed by atoms with Crippen molar-refractivity contribution in [1.82, 2.24) is 10.2 Å². The number of fused-ring (bicyclic) bond motifs is 1. The number of morpholine rings is 1. The van der Waals surface area contributed by atoms with Gasteiger partial charge >= 0.3 is 0 Å². The lowest BCUT2D eigenvalue weighted by Crippen LogP contribution is -2.43. The van der Waals surface area contributed by atoms with Crippen molar-refractivity contribution in [3.8, 4) is 17.2 Å². The molecule has 1 N–H and O–H groups in total. The van der Waals surface area contributed by atoms with Crippen molar-refractivity contribution in [1.29, 1.82) is 0 Å². The number of benzene rings is 1. The number of hydrogen-bond acceptors (Lipinski definition) is 6. The summed E-state index contributed by atoms with van der Waals surface area (Å²) in [7, 11) is 0. The molecule has 7 heteroatoms. The zero-order valence-electron chi connectivity index (χ0n) is 14.3. The van der Waals surface area contributed by atoms with E-state index in [-0.39, 0.29) is 24.7 Å². The predicted octanol–water partition coefficient (Wildman–Crippen LogP) is 1.02. The monoisotopic (exact) mass is 348 g/mol. The quantitative estimate of drug-likeness (QED) is 0.794. The fourth-order valence-corrected chi connectivity index (χ4v) is 3.25. The third-order valence-electron chi connectivity index (χ3n) is 4.99. The van der Waals surface area contributed by atoms with Gasteiger partial charge < -0.3 is 24.3 Å². The molecule has 1 saturated carbocycles. The second-order valence-corrected chi connectivity index (χ2v) is 6.97. The van der Waals surface area contributed by atoms with Gasteiger partial charge in [0.2, 0.25) is 6.79 Å². The Balaban J connectivity index is 1.20. The van der Waals surface area contributed by atoms with E-state index in [2.05, 4.69) is 10.2 Å². The van der Waals surface area contributed by atoms with Crippen LogP contribution in [0.25, 0.3) is 0 Å². The van der Waals surface area contributed by atoms with Crippen LogP contribution in [0.1, 0.15) is 12.8 Å². The number of amides is 1. The molecule has 1 aliphatic carbocycles. The van der Waals surface area contributed by atoms with Crippen molar-refractivity contribution < 1.29 is 23.7 Å². The fourth-order valence-electron chi connectivity index (χ4n) is 3.25. The van der Waals surface area contributed by atoms with E-state index < -0.39 is 0 Å². The smallest absolute Gasteiger partial charge is 0.257 e. The standard InChI is InChI=1S/C18H24N2O5/c21-17(10-23-14-1-2-15-16(9-14)25-13-24-15)19-11-18(3-4-18)12-20-5-7-22-8-6-20/h1-2,9H,3-8,10-13H2,(H,19,21). The van der Waals surface area contributed by atoms with Gasteiger partial charge in [-0.05, 0) is 25.0 Å². The Morgan fingerprint density at radius 3 is 2.80 bits per heavy atom. The highest BCUT2D eigenvalue weighted by molar-refractivity contribution is 5.77. The fraction of sp³-hybridized carbons (Fsp3) is 0.611. The van der Waals surface area contributed by atoms with Crippen molar-refractivity contribution in [2.45, 2.75) is 12.8 Å². The molecule has 2 heterocycles. The van der Waals surface area contributed by atoms with Gasteiger partial charge in [-0.1, -0.05) is 0 Å². The third-order valence-corrected chi connectivity index (χ3v) is 4.99. The SMILES string of the molecule is O=C(COc1ccc2c(c1)OCO2)NCC1(CN2CCOCC2)CC1. The zero-order chi connectivity index (χ0) is 17.1. The minimum Gasteiger partial charge on any atom is -0.484 e. The highest BCUT2D eigenvalue weighted by Gasteiger charge is 2.44. The van der Waals surface area contributed by atoms with Gasteiger partial charge in [0.05, 0.1) is 13.2 Å². The predicted molar refractivity (Wildman–Crippen MR) is 90.0 cm³/mol. The molecule has 0 atom stereocenters. The van der Waals surface area contributed by atoms with E-state index in [0.717, 1.165) is 32.8 Å². The largest absolute Gasteiger partial charge is 0.484 e. The first kappa shape index (κ1) is 16.5. The minimum absolute atomic E-state index is 0.00722. The van der Waals surface area contributed by atoms with Gasteiger partial charge in [0, 0.05) is 37.7 Å². The number of nitrogens with one attached hydrogen (secondary N) is 1. The normalized spacial score (nSPS) is 21.0. The van der Waals surface area contributed by atoms with Crippen LogP contribution in [-0.4, -0.2) is 63.6 Å². The molecule has 136 valence electrons. The number of carbonyl (C=O) groups excluding carboxylic acids is 1. The van der Waals surface area contributed by atoms with Crippen molar-refractivity contribution in [2.75, 3.05) is 52.8 Å². The molecule has 0 spiro atoms. The molecule has 3 aliphatic rings. The van der Waals surface area contributed by atoms with E-state index in [0.29, 0.717) is 23.8 Å². The molecule has 0 aromatic heterocycles. The van der Waals surface area contributed by atoms with E-state index in [9.17, 15) is 4.79 Å². The summed E-state index contributed by atoms with van der Waals surface area (Å²) in [6.45, 7) is 5.59. The summed E-state index contributed by atoms with van der Waals surface area (Å²) in [4.78, 5) is 14.5. The number of ether oxygens (including phenoxy) is 4. The average molecular weight is 348 g/mol.